The van der Waals surface area contributed by atoms with Gasteiger partial charge in [0.2, 0.25) is 0 Å². The van der Waals surface area contributed by atoms with Gasteiger partial charge in [0.1, 0.15) is 5.69 Å². The van der Waals surface area contributed by atoms with Crippen LogP contribution < -0.4 is 10.9 Å². The van der Waals surface area contributed by atoms with Crippen LogP contribution in [0.5, 0.6) is 0 Å². The summed E-state index contributed by atoms with van der Waals surface area (Å²) in [4.78, 5) is 24.0. The van der Waals surface area contributed by atoms with Gasteiger partial charge in [0.05, 0.1) is 0 Å². The van der Waals surface area contributed by atoms with E-state index in [9.17, 15) is 9.59 Å². The van der Waals surface area contributed by atoms with Gasteiger partial charge in [0.25, 0.3) is 11.8 Å². The monoisotopic (exact) mass is 287 g/mol. The smallest absolute Gasteiger partial charge is 0.286 e. The first-order valence-electron chi connectivity index (χ1n) is 6.42. The molecular weight excluding hydrogens is 270 g/mol. The highest BCUT2D eigenvalue weighted by Gasteiger charge is 2.20. The van der Waals surface area contributed by atoms with E-state index in [1.54, 1.807) is 42.1 Å². The van der Waals surface area contributed by atoms with Crippen molar-refractivity contribution in [3.05, 3.63) is 59.9 Å². The van der Waals surface area contributed by atoms with E-state index in [1.807, 2.05) is 18.2 Å². The van der Waals surface area contributed by atoms with Crippen LogP contribution in [0.2, 0.25) is 0 Å². The topological polar surface area (TPSA) is 72.4 Å². The van der Waals surface area contributed by atoms with Gasteiger partial charge in [0, 0.05) is 20.4 Å². The maximum atomic E-state index is 12.1. The number of rotatable bonds is 4. The number of methoxy groups -OCH3 is 1. The maximum Gasteiger partial charge on any atom is 0.286 e. The van der Waals surface area contributed by atoms with Crippen LogP contribution >= 0.6 is 0 Å². The van der Waals surface area contributed by atoms with E-state index in [0.717, 1.165) is 0 Å². The Kier molecular flexibility index (Phi) is 4.73. The Morgan fingerprint density at radius 1 is 1.10 bits per heavy atom. The van der Waals surface area contributed by atoms with Gasteiger partial charge in [-0.2, -0.15) is 0 Å². The van der Waals surface area contributed by atoms with Gasteiger partial charge in [-0.1, -0.05) is 30.3 Å². The minimum atomic E-state index is -0.778. The Morgan fingerprint density at radius 3 is 2.38 bits per heavy atom. The Hall–Kier alpha value is -2.60. The lowest BCUT2D eigenvalue weighted by Crippen LogP contribution is -2.44. The highest BCUT2D eigenvalue weighted by Crippen LogP contribution is 2.15. The summed E-state index contributed by atoms with van der Waals surface area (Å²) in [5.74, 6) is -0.829. The van der Waals surface area contributed by atoms with Crippen LogP contribution in [0, 0.1) is 0 Å². The van der Waals surface area contributed by atoms with Gasteiger partial charge >= 0.3 is 0 Å². The van der Waals surface area contributed by atoms with Crippen LogP contribution in [0.25, 0.3) is 0 Å². The number of carbonyl (C=O) groups is 2. The first-order chi connectivity index (χ1) is 10.1. The molecule has 1 heterocycles. The maximum absolute atomic E-state index is 12.1. The lowest BCUT2D eigenvalue weighted by molar-refractivity contribution is -0.132. The lowest BCUT2D eigenvalue weighted by atomic mass is 10.1. The molecule has 1 atom stereocenters. The predicted molar refractivity (Wildman–Crippen MR) is 77.2 cm³/mol. The molecule has 0 spiro atoms. The molecule has 2 aromatic rings. The van der Waals surface area contributed by atoms with Crippen molar-refractivity contribution in [2.45, 2.75) is 6.10 Å². The molecule has 110 valence electrons. The van der Waals surface area contributed by atoms with Crippen molar-refractivity contribution < 1.29 is 14.3 Å². The summed E-state index contributed by atoms with van der Waals surface area (Å²) in [5, 5.41) is 0. The minimum absolute atomic E-state index is 0.390. The summed E-state index contributed by atoms with van der Waals surface area (Å²) >= 11 is 0. The third-order valence-corrected chi connectivity index (χ3v) is 3.05. The summed E-state index contributed by atoms with van der Waals surface area (Å²) < 4.78 is 6.84. The molecule has 1 aromatic heterocycles. The van der Waals surface area contributed by atoms with Crippen LogP contribution in [-0.2, 0) is 16.6 Å². The number of aromatic nitrogens is 1. The van der Waals surface area contributed by atoms with Crippen molar-refractivity contribution >= 4 is 11.8 Å². The summed E-state index contributed by atoms with van der Waals surface area (Å²) in [5.41, 5.74) is 5.90. The normalized spacial score (nSPS) is 11.7. The molecule has 0 saturated heterocycles. The molecule has 2 rings (SSSR count). The number of ether oxygens (including phenoxy) is 1. The van der Waals surface area contributed by atoms with Crippen molar-refractivity contribution in [2.75, 3.05) is 7.11 Å². The molecule has 0 saturated carbocycles. The van der Waals surface area contributed by atoms with Crippen LogP contribution in [0.15, 0.2) is 48.7 Å². The second-order valence-corrected chi connectivity index (χ2v) is 4.47. The minimum Gasteiger partial charge on any atom is -0.367 e. The molecule has 0 aliphatic heterocycles. The molecule has 21 heavy (non-hydrogen) atoms. The van der Waals surface area contributed by atoms with E-state index >= 15 is 0 Å². The summed E-state index contributed by atoms with van der Waals surface area (Å²) in [6, 6.07) is 12.5. The largest absolute Gasteiger partial charge is 0.367 e. The van der Waals surface area contributed by atoms with E-state index in [-0.39, 0.29) is 0 Å². The number of benzene rings is 1. The quantitative estimate of drug-likeness (QED) is 0.829. The predicted octanol–water partition coefficient (Wildman–Crippen LogP) is 1.17. The lowest BCUT2D eigenvalue weighted by Gasteiger charge is -2.16. The number of hydrogen-bond donors (Lipinski definition) is 2. The first-order valence-corrected chi connectivity index (χ1v) is 6.42. The number of aryl methyl sites for hydroxylation is 1. The number of nitrogens with one attached hydrogen (secondary N) is 2. The number of hydrogen-bond acceptors (Lipinski definition) is 3. The first kappa shape index (κ1) is 14.8. The molecule has 6 nitrogen and oxygen atoms in total. The average Bonchev–Trinajstić information content (AvgIpc) is 2.93. The number of nitrogens with zero attached hydrogens (tertiary/aromatic N) is 1. The fourth-order valence-electron chi connectivity index (χ4n) is 1.97. The fourth-order valence-corrected chi connectivity index (χ4v) is 1.97. The van der Waals surface area contributed by atoms with Gasteiger partial charge in [-0.15, -0.1) is 0 Å². The van der Waals surface area contributed by atoms with Gasteiger partial charge < -0.3 is 9.30 Å². The van der Waals surface area contributed by atoms with E-state index in [2.05, 4.69) is 10.9 Å². The zero-order valence-corrected chi connectivity index (χ0v) is 11.9. The molecule has 6 heteroatoms. The van der Waals surface area contributed by atoms with E-state index < -0.39 is 17.9 Å². The van der Waals surface area contributed by atoms with Gasteiger partial charge in [0.15, 0.2) is 6.10 Å². The van der Waals surface area contributed by atoms with Crippen LogP contribution in [0.4, 0.5) is 0 Å². The number of carbonyl (C=O) groups excluding carboxylic acids is 2. The Morgan fingerprint density at radius 2 is 1.81 bits per heavy atom. The van der Waals surface area contributed by atoms with Gasteiger partial charge in [-0.25, -0.2) is 0 Å². The zero-order chi connectivity index (χ0) is 15.2. The number of hydrazine groups is 1. The van der Waals surface area contributed by atoms with Crippen LogP contribution in [-0.4, -0.2) is 23.5 Å². The molecule has 0 aliphatic rings. The molecule has 0 radical (unpaired) electrons. The number of amides is 2. The molecule has 1 aromatic carbocycles. The molecule has 2 amide bonds. The highest BCUT2D eigenvalue weighted by molar-refractivity contribution is 5.94. The Bertz CT molecular complexity index is 622. The van der Waals surface area contributed by atoms with E-state index in [1.165, 1.54) is 7.11 Å². The molecule has 1 unspecified atom stereocenters. The van der Waals surface area contributed by atoms with Crippen molar-refractivity contribution in [1.29, 1.82) is 0 Å². The highest BCUT2D eigenvalue weighted by atomic mass is 16.5. The van der Waals surface area contributed by atoms with Crippen LogP contribution in [0.3, 0.4) is 0 Å². The van der Waals surface area contributed by atoms with E-state index in [4.69, 9.17) is 4.74 Å². The van der Waals surface area contributed by atoms with Gasteiger partial charge in [-0.05, 0) is 17.7 Å². The standard InChI is InChI=1S/C15H17N3O3/c1-18-10-6-9-12(18)14(19)16-17-15(20)13(21-2)11-7-4-3-5-8-11/h3-10,13H,1-2H3,(H,16,19)(H,17,20). The van der Waals surface area contributed by atoms with Crippen molar-refractivity contribution in [3.63, 3.8) is 0 Å². The molecular formula is C15H17N3O3. The zero-order valence-electron chi connectivity index (χ0n) is 11.9. The van der Waals surface area contributed by atoms with Crippen molar-refractivity contribution in [1.82, 2.24) is 15.4 Å². The Labute approximate surface area is 122 Å². The Balaban J connectivity index is 1.98. The average molecular weight is 287 g/mol. The fraction of sp³-hybridized carbons (Fsp3) is 0.200. The van der Waals surface area contributed by atoms with Gasteiger partial charge in [-0.3, -0.25) is 20.4 Å². The molecule has 2 N–H and O–H groups in total. The second kappa shape index (κ2) is 6.71. The molecule has 0 bridgehead atoms. The SMILES string of the molecule is COC(C(=O)NNC(=O)c1cccn1C)c1ccccc1. The molecule has 0 aliphatic carbocycles. The summed E-state index contributed by atoms with van der Waals surface area (Å²) in [6.45, 7) is 0. The third-order valence-electron chi connectivity index (χ3n) is 3.05. The van der Waals surface area contributed by atoms with E-state index in [0.29, 0.717) is 11.3 Å². The second-order valence-electron chi connectivity index (χ2n) is 4.47. The molecule has 0 fully saturated rings. The van der Waals surface area contributed by atoms with Crippen molar-refractivity contribution in [3.8, 4) is 0 Å². The summed E-state index contributed by atoms with van der Waals surface area (Å²) in [7, 11) is 3.19. The van der Waals surface area contributed by atoms with Crippen LogP contribution in [0.1, 0.15) is 22.2 Å². The third kappa shape index (κ3) is 3.49. The van der Waals surface area contributed by atoms with Crippen molar-refractivity contribution in [2.24, 2.45) is 7.05 Å². The summed E-state index contributed by atoms with van der Waals surface area (Å²) in [6.07, 6.45) is 0.971.